The Morgan fingerprint density at radius 1 is 1.05 bits per heavy atom. The molecule has 1 saturated heterocycles. The Balaban J connectivity index is 1.35. The molecule has 218 valence electrons. The van der Waals surface area contributed by atoms with Gasteiger partial charge in [-0.25, -0.2) is 8.91 Å². The van der Waals surface area contributed by atoms with Crippen molar-refractivity contribution in [1.82, 2.24) is 24.4 Å². The van der Waals surface area contributed by atoms with E-state index in [0.29, 0.717) is 24.2 Å². The van der Waals surface area contributed by atoms with Crippen LogP contribution in [0.4, 0.5) is 29.2 Å². The summed E-state index contributed by atoms with van der Waals surface area (Å²) >= 11 is 0. The van der Waals surface area contributed by atoms with Crippen molar-refractivity contribution in [2.75, 3.05) is 50.9 Å². The number of pyridine rings is 1. The van der Waals surface area contributed by atoms with Gasteiger partial charge in [0.05, 0.1) is 5.56 Å². The number of hydrogen-bond donors (Lipinski definition) is 2. The maximum atomic E-state index is 14.5. The highest BCUT2D eigenvalue weighted by molar-refractivity contribution is 6.04. The lowest BCUT2D eigenvalue weighted by Crippen LogP contribution is -2.44. The van der Waals surface area contributed by atoms with E-state index in [1.165, 1.54) is 28.9 Å². The number of anilines is 2. The number of nitrogens with zero attached hydrogens (tertiary/aromatic N) is 5. The molecule has 0 aliphatic carbocycles. The van der Waals surface area contributed by atoms with E-state index < -0.39 is 23.5 Å². The number of likely N-dealkylation sites (N-methyl/N-ethyl adjacent to an activating group) is 1. The number of nitrogens with one attached hydrogen (secondary N) is 2. The van der Waals surface area contributed by atoms with Gasteiger partial charge in [-0.3, -0.25) is 9.69 Å². The normalized spacial score (nSPS) is 14.5. The van der Waals surface area contributed by atoms with Gasteiger partial charge >= 0.3 is 6.18 Å². The molecule has 0 unspecified atom stereocenters. The van der Waals surface area contributed by atoms with Gasteiger partial charge in [-0.2, -0.15) is 18.2 Å². The third-order valence-corrected chi connectivity index (χ3v) is 7.12. The molecule has 42 heavy (non-hydrogen) atoms. The average molecular weight is 580 g/mol. The Morgan fingerprint density at radius 2 is 1.81 bits per heavy atom. The number of amides is 1. The second-order valence-corrected chi connectivity index (χ2v) is 10.2. The van der Waals surface area contributed by atoms with Gasteiger partial charge in [0, 0.05) is 68.3 Å². The highest BCUT2D eigenvalue weighted by atomic mass is 19.4. The van der Waals surface area contributed by atoms with Crippen LogP contribution in [0.3, 0.4) is 0 Å². The quantitative estimate of drug-likeness (QED) is 0.265. The molecule has 0 spiro atoms. The second-order valence-electron chi connectivity index (χ2n) is 10.2. The van der Waals surface area contributed by atoms with Crippen molar-refractivity contribution in [3.05, 3.63) is 87.9 Å². The van der Waals surface area contributed by atoms with Crippen molar-refractivity contribution in [3.8, 4) is 11.8 Å². The average Bonchev–Trinajstić information content (AvgIpc) is 3.38. The highest BCUT2D eigenvalue weighted by Gasteiger charge is 2.34. The molecule has 4 aromatic rings. The van der Waals surface area contributed by atoms with Crippen molar-refractivity contribution in [2.24, 2.45) is 0 Å². The number of rotatable bonds is 5. The Labute approximate surface area is 240 Å². The van der Waals surface area contributed by atoms with Gasteiger partial charge in [-0.1, -0.05) is 24.0 Å². The summed E-state index contributed by atoms with van der Waals surface area (Å²) in [4.78, 5) is 21.2. The van der Waals surface area contributed by atoms with Crippen molar-refractivity contribution in [3.63, 3.8) is 0 Å². The second kappa shape index (κ2) is 11.8. The molecule has 0 radical (unpaired) electrons. The largest absolute Gasteiger partial charge is 0.416 e. The molecule has 1 aliphatic heterocycles. The number of benzene rings is 2. The van der Waals surface area contributed by atoms with Crippen molar-refractivity contribution in [2.45, 2.75) is 19.6 Å². The van der Waals surface area contributed by atoms with E-state index in [1.54, 1.807) is 32.2 Å². The first-order valence-corrected chi connectivity index (χ1v) is 13.3. The number of aromatic nitrogens is 3. The summed E-state index contributed by atoms with van der Waals surface area (Å²) in [5, 5.41) is 9.45. The molecule has 0 bridgehead atoms. The van der Waals surface area contributed by atoms with Crippen LogP contribution in [0.25, 0.3) is 5.65 Å². The topological polar surface area (TPSA) is 77.8 Å². The first-order valence-electron chi connectivity index (χ1n) is 13.3. The lowest BCUT2D eigenvalue weighted by molar-refractivity contribution is -0.138. The molecule has 5 rings (SSSR count). The number of aryl methyl sites for hydroxylation is 1. The Morgan fingerprint density at radius 3 is 2.52 bits per heavy atom. The molecular formula is C30H29F4N7O. The number of alkyl halides is 3. The molecule has 2 aromatic heterocycles. The third kappa shape index (κ3) is 6.53. The van der Waals surface area contributed by atoms with Gasteiger partial charge in [0.25, 0.3) is 5.91 Å². The highest BCUT2D eigenvalue weighted by Crippen LogP contribution is 2.34. The molecule has 1 aliphatic rings. The van der Waals surface area contributed by atoms with Crippen LogP contribution in [-0.4, -0.2) is 70.6 Å². The molecular weight excluding hydrogens is 550 g/mol. The number of hydrogen-bond acceptors (Lipinski definition) is 6. The summed E-state index contributed by atoms with van der Waals surface area (Å²) in [6.07, 6.45) is -3.03. The lowest BCUT2D eigenvalue weighted by atomic mass is 10.0. The molecule has 8 nitrogen and oxygen atoms in total. The zero-order chi connectivity index (χ0) is 30.0. The van der Waals surface area contributed by atoms with Gasteiger partial charge in [0.1, 0.15) is 0 Å². The van der Waals surface area contributed by atoms with Gasteiger partial charge in [0.15, 0.2) is 11.5 Å². The van der Waals surface area contributed by atoms with Crippen LogP contribution < -0.4 is 10.6 Å². The monoisotopic (exact) mass is 579 g/mol. The van der Waals surface area contributed by atoms with Crippen molar-refractivity contribution < 1.29 is 22.4 Å². The first-order chi connectivity index (χ1) is 20.0. The summed E-state index contributed by atoms with van der Waals surface area (Å²) in [5.41, 5.74) is 1.34. The fraction of sp³-hybridized carbons (Fsp3) is 0.300. The molecule has 0 saturated carbocycles. The maximum absolute atomic E-state index is 14.5. The van der Waals surface area contributed by atoms with Gasteiger partial charge in [-0.15, -0.1) is 5.10 Å². The smallest absolute Gasteiger partial charge is 0.356 e. The SMILES string of the molecule is CNc1nc2c(F)cc(C#Cc3cc(C(=O)Nc4ccc(CN5CCN(C)CC5)c(C(F)(F)F)c4)ccc3C)cn2n1. The van der Waals surface area contributed by atoms with E-state index in [9.17, 15) is 22.4 Å². The Kier molecular flexibility index (Phi) is 8.15. The van der Waals surface area contributed by atoms with Crippen LogP contribution in [-0.2, 0) is 12.7 Å². The summed E-state index contributed by atoms with van der Waals surface area (Å²) in [6, 6.07) is 9.95. The number of fused-ring (bicyclic) bond motifs is 1. The minimum atomic E-state index is -4.57. The van der Waals surface area contributed by atoms with Crippen LogP contribution in [0.15, 0.2) is 48.7 Å². The summed E-state index contributed by atoms with van der Waals surface area (Å²) in [7, 11) is 3.61. The zero-order valence-electron chi connectivity index (χ0n) is 23.3. The summed E-state index contributed by atoms with van der Waals surface area (Å²) in [6.45, 7) is 4.95. The fourth-order valence-corrected chi connectivity index (χ4v) is 4.66. The predicted octanol–water partition coefficient (Wildman–Crippen LogP) is 4.64. The molecule has 1 amide bonds. The molecule has 12 heteroatoms. The summed E-state index contributed by atoms with van der Waals surface area (Å²) < 4.78 is 57.7. The first kappa shape index (κ1) is 29.0. The van der Waals surface area contributed by atoms with E-state index >= 15 is 0 Å². The summed E-state index contributed by atoms with van der Waals surface area (Å²) in [5.74, 6) is 4.93. The Bertz CT molecular complexity index is 1700. The van der Waals surface area contributed by atoms with Crippen LogP contribution in [0.2, 0.25) is 0 Å². The van der Waals surface area contributed by atoms with E-state index in [4.69, 9.17) is 0 Å². The van der Waals surface area contributed by atoms with Gasteiger partial charge in [0.2, 0.25) is 5.95 Å². The van der Waals surface area contributed by atoms with E-state index in [-0.39, 0.29) is 35.0 Å². The number of halogens is 4. The van der Waals surface area contributed by atoms with E-state index in [2.05, 4.69) is 37.5 Å². The Hall–Kier alpha value is -4.47. The van der Waals surface area contributed by atoms with Crippen molar-refractivity contribution in [1.29, 1.82) is 0 Å². The molecule has 1 fully saturated rings. The maximum Gasteiger partial charge on any atom is 0.416 e. The number of carbonyl (C=O) groups excluding carboxylic acids is 1. The third-order valence-electron chi connectivity index (χ3n) is 7.12. The zero-order valence-corrected chi connectivity index (χ0v) is 23.3. The molecule has 3 heterocycles. The number of piperazine rings is 1. The standard InChI is InChI=1S/C30H29F4N7O/c1-19-4-6-22(15-21(19)7-5-20-14-26(31)27-37-29(35-2)38-41(27)17-20)28(42)36-24-9-8-23(25(16-24)30(32,33)34)18-40-12-10-39(3)11-13-40/h4,6,8-9,14-17H,10-13,18H2,1-3H3,(H,35,38)(H,36,42). The van der Waals surface area contributed by atoms with Gasteiger partial charge < -0.3 is 15.5 Å². The molecule has 2 N–H and O–H groups in total. The van der Waals surface area contributed by atoms with Crippen LogP contribution in [0, 0.1) is 24.6 Å². The van der Waals surface area contributed by atoms with Crippen molar-refractivity contribution >= 4 is 23.2 Å². The number of carbonyl (C=O) groups is 1. The minimum absolute atomic E-state index is 0.0419. The minimum Gasteiger partial charge on any atom is -0.356 e. The predicted molar refractivity (Wildman–Crippen MR) is 152 cm³/mol. The van der Waals surface area contributed by atoms with E-state index in [0.717, 1.165) is 24.7 Å². The molecule has 0 atom stereocenters. The van der Waals surface area contributed by atoms with Crippen LogP contribution in [0.5, 0.6) is 0 Å². The van der Waals surface area contributed by atoms with Gasteiger partial charge in [-0.05, 0) is 55.4 Å². The van der Waals surface area contributed by atoms with Crippen LogP contribution >= 0.6 is 0 Å². The molecule has 2 aromatic carbocycles. The van der Waals surface area contributed by atoms with Crippen LogP contribution in [0.1, 0.15) is 38.2 Å². The lowest BCUT2D eigenvalue weighted by Gasteiger charge is -2.33. The van der Waals surface area contributed by atoms with E-state index in [1.807, 2.05) is 11.9 Å². The fourth-order valence-electron chi connectivity index (χ4n) is 4.66.